The van der Waals surface area contributed by atoms with E-state index in [9.17, 15) is 4.79 Å². The molecule has 1 amide bonds. The van der Waals surface area contributed by atoms with E-state index in [1.807, 2.05) is 6.92 Å². The molecule has 0 bridgehead atoms. The Bertz CT molecular complexity index is 631. The first kappa shape index (κ1) is 17.6. The third kappa shape index (κ3) is 3.94. The Morgan fingerprint density at radius 1 is 1.00 bits per heavy atom. The highest BCUT2D eigenvalue weighted by Crippen LogP contribution is 2.29. The van der Waals surface area contributed by atoms with Crippen molar-refractivity contribution in [3.05, 3.63) is 11.8 Å². The van der Waals surface area contributed by atoms with Crippen LogP contribution in [0.1, 0.15) is 57.1 Å². The number of hydrogen-bond donors (Lipinski definition) is 1. The fraction of sp³-hybridized carbons (Fsp3) is 0.750. The molecule has 1 aliphatic heterocycles. The molecule has 26 heavy (non-hydrogen) atoms. The van der Waals surface area contributed by atoms with Crippen LogP contribution in [0.2, 0.25) is 0 Å². The molecule has 1 saturated heterocycles. The highest BCUT2D eigenvalue weighted by atomic mass is 16.2. The maximum absolute atomic E-state index is 12.4. The number of nitrogens with zero attached hydrogens (tertiary/aromatic N) is 4. The molecule has 0 unspecified atom stereocenters. The van der Waals surface area contributed by atoms with Crippen LogP contribution < -0.4 is 10.2 Å². The lowest BCUT2D eigenvalue weighted by Crippen LogP contribution is -2.51. The van der Waals surface area contributed by atoms with Crippen molar-refractivity contribution in [3.63, 3.8) is 0 Å². The summed E-state index contributed by atoms with van der Waals surface area (Å²) in [6, 6.07) is 2.57. The monoisotopic (exact) mass is 357 g/mol. The summed E-state index contributed by atoms with van der Waals surface area (Å²) in [7, 11) is 0. The van der Waals surface area contributed by atoms with Crippen molar-refractivity contribution in [1.82, 2.24) is 14.9 Å². The van der Waals surface area contributed by atoms with E-state index in [4.69, 9.17) is 4.98 Å². The van der Waals surface area contributed by atoms with Gasteiger partial charge in [0.1, 0.15) is 5.82 Å². The summed E-state index contributed by atoms with van der Waals surface area (Å²) < 4.78 is 0. The van der Waals surface area contributed by atoms with E-state index in [2.05, 4.69) is 26.2 Å². The average Bonchev–Trinajstić information content (AvgIpc) is 2.61. The molecule has 0 spiro atoms. The van der Waals surface area contributed by atoms with E-state index in [0.29, 0.717) is 17.9 Å². The maximum atomic E-state index is 12.4. The van der Waals surface area contributed by atoms with Gasteiger partial charge < -0.3 is 15.1 Å². The van der Waals surface area contributed by atoms with Gasteiger partial charge in [-0.2, -0.15) is 4.98 Å². The molecule has 6 nitrogen and oxygen atoms in total. The van der Waals surface area contributed by atoms with E-state index >= 15 is 0 Å². The first-order valence-corrected chi connectivity index (χ1v) is 10.3. The number of aryl methyl sites for hydroxylation is 1. The standard InChI is InChI=1S/C20H31N5O/c1-15-14-18(23-20(21-15)22-17-8-3-2-4-9-17)24-10-12-25(13-11-24)19(26)16-6-5-7-16/h14,16-17H,2-13H2,1H3,(H,21,22,23). The van der Waals surface area contributed by atoms with Crippen LogP contribution in [0, 0.1) is 12.8 Å². The zero-order valence-electron chi connectivity index (χ0n) is 15.9. The van der Waals surface area contributed by atoms with Crippen molar-refractivity contribution in [1.29, 1.82) is 0 Å². The molecule has 0 atom stereocenters. The molecular formula is C20H31N5O. The van der Waals surface area contributed by atoms with Gasteiger partial charge in [0.2, 0.25) is 11.9 Å². The van der Waals surface area contributed by atoms with Crippen molar-refractivity contribution < 1.29 is 4.79 Å². The van der Waals surface area contributed by atoms with Gasteiger partial charge in [-0.05, 0) is 32.6 Å². The van der Waals surface area contributed by atoms with Crippen molar-refractivity contribution in [2.75, 3.05) is 36.4 Å². The van der Waals surface area contributed by atoms with E-state index in [0.717, 1.165) is 56.5 Å². The number of hydrogen-bond acceptors (Lipinski definition) is 5. The van der Waals surface area contributed by atoms with Crippen LogP contribution in [0.3, 0.4) is 0 Å². The molecule has 3 aliphatic rings. The van der Waals surface area contributed by atoms with E-state index in [1.54, 1.807) is 0 Å². The third-order valence-corrected chi connectivity index (χ3v) is 6.15. The van der Waals surface area contributed by atoms with Crippen LogP contribution in [-0.2, 0) is 4.79 Å². The van der Waals surface area contributed by atoms with Gasteiger partial charge >= 0.3 is 0 Å². The second kappa shape index (κ2) is 7.80. The number of aromatic nitrogens is 2. The molecule has 1 aromatic heterocycles. The Hall–Kier alpha value is -1.85. The molecule has 1 aromatic rings. The van der Waals surface area contributed by atoms with Crippen molar-refractivity contribution in [2.24, 2.45) is 5.92 Å². The minimum Gasteiger partial charge on any atom is -0.353 e. The normalized spacial score (nSPS) is 22.2. The number of rotatable bonds is 4. The second-order valence-electron chi connectivity index (χ2n) is 8.11. The van der Waals surface area contributed by atoms with Crippen LogP contribution in [0.25, 0.3) is 0 Å². The fourth-order valence-corrected chi connectivity index (χ4v) is 4.28. The van der Waals surface area contributed by atoms with Gasteiger partial charge in [0.15, 0.2) is 0 Å². The van der Waals surface area contributed by atoms with E-state index in [1.165, 1.54) is 38.5 Å². The largest absolute Gasteiger partial charge is 0.353 e. The van der Waals surface area contributed by atoms with Gasteiger partial charge in [0.25, 0.3) is 0 Å². The molecule has 2 aliphatic carbocycles. The van der Waals surface area contributed by atoms with E-state index in [-0.39, 0.29) is 0 Å². The molecular weight excluding hydrogens is 326 g/mol. The summed E-state index contributed by atoms with van der Waals surface area (Å²) in [5.74, 6) is 2.43. The molecule has 3 fully saturated rings. The first-order chi connectivity index (χ1) is 12.7. The molecule has 2 saturated carbocycles. The molecule has 0 radical (unpaired) electrons. The number of carbonyl (C=O) groups is 1. The van der Waals surface area contributed by atoms with Crippen LogP contribution in [0.4, 0.5) is 11.8 Å². The SMILES string of the molecule is Cc1cc(N2CCN(C(=O)C3CCC3)CC2)nc(NC2CCCCC2)n1. The lowest BCUT2D eigenvalue weighted by molar-refractivity contribution is -0.138. The van der Waals surface area contributed by atoms with Gasteiger partial charge in [-0.3, -0.25) is 4.79 Å². The molecule has 2 heterocycles. The summed E-state index contributed by atoms with van der Waals surface area (Å²) in [6.07, 6.45) is 9.76. The van der Waals surface area contributed by atoms with Gasteiger partial charge in [-0.15, -0.1) is 0 Å². The zero-order valence-corrected chi connectivity index (χ0v) is 15.9. The van der Waals surface area contributed by atoms with Gasteiger partial charge in [-0.25, -0.2) is 4.98 Å². The second-order valence-corrected chi connectivity index (χ2v) is 8.11. The van der Waals surface area contributed by atoms with Gasteiger partial charge in [-0.1, -0.05) is 25.7 Å². The van der Waals surface area contributed by atoms with Gasteiger partial charge in [0.05, 0.1) is 0 Å². The van der Waals surface area contributed by atoms with Crippen LogP contribution >= 0.6 is 0 Å². The Morgan fingerprint density at radius 3 is 2.38 bits per heavy atom. The minimum absolute atomic E-state index is 0.300. The van der Waals surface area contributed by atoms with E-state index < -0.39 is 0 Å². The number of nitrogens with one attached hydrogen (secondary N) is 1. The summed E-state index contributed by atoms with van der Waals surface area (Å²) in [5.41, 5.74) is 1.00. The predicted molar refractivity (Wildman–Crippen MR) is 103 cm³/mol. The topological polar surface area (TPSA) is 61.4 Å². The lowest BCUT2D eigenvalue weighted by atomic mass is 9.84. The average molecular weight is 358 g/mol. The summed E-state index contributed by atoms with van der Waals surface area (Å²) in [6.45, 7) is 5.37. The maximum Gasteiger partial charge on any atom is 0.225 e. The Morgan fingerprint density at radius 2 is 1.73 bits per heavy atom. The predicted octanol–water partition coefficient (Wildman–Crippen LogP) is 2.98. The molecule has 6 heteroatoms. The number of anilines is 2. The summed E-state index contributed by atoms with van der Waals surface area (Å²) in [4.78, 5) is 26.2. The third-order valence-electron chi connectivity index (χ3n) is 6.15. The van der Waals surface area contributed by atoms with Crippen molar-refractivity contribution in [3.8, 4) is 0 Å². The van der Waals surface area contributed by atoms with Crippen molar-refractivity contribution in [2.45, 2.75) is 64.3 Å². The van der Waals surface area contributed by atoms with Crippen LogP contribution in [-0.4, -0.2) is 53.0 Å². The van der Waals surface area contributed by atoms with Crippen LogP contribution in [0.5, 0.6) is 0 Å². The Balaban J connectivity index is 1.37. The minimum atomic E-state index is 0.300. The summed E-state index contributed by atoms with van der Waals surface area (Å²) >= 11 is 0. The highest BCUT2D eigenvalue weighted by molar-refractivity contribution is 5.79. The lowest BCUT2D eigenvalue weighted by Gasteiger charge is -2.38. The number of amides is 1. The highest BCUT2D eigenvalue weighted by Gasteiger charge is 2.31. The van der Waals surface area contributed by atoms with Gasteiger partial charge in [0, 0.05) is 49.9 Å². The molecule has 4 rings (SSSR count). The quantitative estimate of drug-likeness (QED) is 0.898. The smallest absolute Gasteiger partial charge is 0.225 e. The van der Waals surface area contributed by atoms with Crippen molar-refractivity contribution >= 4 is 17.7 Å². The number of carbonyl (C=O) groups excluding carboxylic acids is 1. The zero-order chi connectivity index (χ0) is 17.9. The molecule has 1 N–H and O–H groups in total. The fourth-order valence-electron chi connectivity index (χ4n) is 4.28. The molecule has 0 aromatic carbocycles. The van der Waals surface area contributed by atoms with Crippen LogP contribution in [0.15, 0.2) is 6.07 Å². The summed E-state index contributed by atoms with van der Waals surface area (Å²) in [5, 5.41) is 3.54. The number of piperazine rings is 1. The first-order valence-electron chi connectivity index (χ1n) is 10.3. The Kier molecular flexibility index (Phi) is 5.27. The molecule has 142 valence electrons. The Labute approximate surface area is 156 Å².